The topological polar surface area (TPSA) is 53.0 Å². The van der Waals surface area contributed by atoms with Crippen molar-refractivity contribution in [2.45, 2.75) is 44.4 Å². The van der Waals surface area contributed by atoms with Gasteiger partial charge < -0.3 is 19.6 Å². The summed E-state index contributed by atoms with van der Waals surface area (Å²) in [6, 6.07) is 14.7. The maximum atomic E-state index is 11.1. The van der Waals surface area contributed by atoms with Crippen LogP contribution in [0.2, 0.25) is 0 Å². The number of thioether (sulfide) groups is 1. The zero-order valence-electron chi connectivity index (χ0n) is 19.1. The first kappa shape index (κ1) is 23.3. The van der Waals surface area contributed by atoms with Crippen molar-refractivity contribution in [3.8, 4) is 5.75 Å². The SMILES string of the molecule is CCCCC1(CC)CSc2cc(OCC(=O)O)c(N(C)C)cc2N(c2ccccc2)C1. The second kappa shape index (κ2) is 10.3. The van der Waals surface area contributed by atoms with Crippen LogP contribution in [0.25, 0.3) is 0 Å². The molecule has 0 aliphatic carbocycles. The van der Waals surface area contributed by atoms with E-state index in [2.05, 4.69) is 55.1 Å². The van der Waals surface area contributed by atoms with Crippen LogP contribution in [0, 0.1) is 5.41 Å². The summed E-state index contributed by atoms with van der Waals surface area (Å²) in [5.41, 5.74) is 3.45. The molecule has 1 N–H and O–H groups in total. The van der Waals surface area contributed by atoms with Gasteiger partial charge in [-0.05, 0) is 42.5 Å². The minimum atomic E-state index is -0.970. The van der Waals surface area contributed by atoms with Crippen LogP contribution in [0.15, 0.2) is 47.4 Å². The third-order valence-corrected chi connectivity index (χ3v) is 7.46. The Morgan fingerprint density at radius 3 is 2.58 bits per heavy atom. The van der Waals surface area contributed by atoms with Gasteiger partial charge in [0.05, 0.1) is 11.4 Å². The van der Waals surface area contributed by atoms with E-state index >= 15 is 0 Å². The summed E-state index contributed by atoms with van der Waals surface area (Å²) in [5, 5.41) is 9.11. The van der Waals surface area contributed by atoms with Gasteiger partial charge in [0.15, 0.2) is 6.61 Å². The second-order valence-electron chi connectivity index (χ2n) is 8.53. The number of carboxylic acids is 1. The Kier molecular flexibility index (Phi) is 7.76. The predicted molar refractivity (Wildman–Crippen MR) is 130 cm³/mol. The molecule has 2 aromatic carbocycles. The van der Waals surface area contributed by atoms with Gasteiger partial charge in [0.1, 0.15) is 5.75 Å². The van der Waals surface area contributed by atoms with E-state index in [0.29, 0.717) is 5.75 Å². The van der Waals surface area contributed by atoms with Gasteiger partial charge in [-0.15, -0.1) is 11.8 Å². The number of para-hydroxylation sites is 1. The van der Waals surface area contributed by atoms with Crippen molar-refractivity contribution in [3.63, 3.8) is 0 Å². The number of anilines is 3. The Morgan fingerprint density at radius 1 is 1.23 bits per heavy atom. The van der Waals surface area contributed by atoms with Crippen molar-refractivity contribution in [1.82, 2.24) is 0 Å². The smallest absolute Gasteiger partial charge is 0.341 e. The van der Waals surface area contributed by atoms with Gasteiger partial charge in [0.25, 0.3) is 0 Å². The van der Waals surface area contributed by atoms with Gasteiger partial charge in [-0.3, -0.25) is 0 Å². The maximum Gasteiger partial charge on any atom is 0.341 e. The van der Waals surface area contributed by atoms with Crippen molar-refractivity contribution >= 4 is 34.8 Å². The van der Waals surface area contributed by atoms with E-state index in [4.69, 9.17) is 9.84 Å². The lowest BCUT2D eigenvalue weighted by molar-refractivity contribution is -0.139. The molecule has 31 heavy (non-hydrogen) atoms. The number of unbranched alkanes of at least 4 members (excludes halogenated alkanes) is 1. The van der Waals surface area contributed by atoms with Crippen LogP contribution in [0.3, 0.4) is 0 Å². The van der Waals surface area contributed by atoms with Crippen LogP contribution in [-0.4, -0.2) is 44.1 Å². The van der Waals surface area contributed by atoms with Gasteiger partial charge in [-0.1, -0.05) is 44.9 Å². The largest absolute Gasteiger partial charge is 0.480 e. The van der Waals surface area contributed by atoms with E-state index in [1.807, 2.05) is 36.8 Å². The van der Waals surface area contributed by atoms with Crippen LogP contribution < -0.4 is 14.5 Å². The zero-order valence-corrected chi connectivity index (χ0v) is 19.9. The highest BCUT2D eigenvalue weighted by Gasteiger charge is 2.35. The highest BCUT2D eigenvalue weighted by atomic mass is 32.2. The number of carbonyl (C=O) groups is 1. The standard InChI is InChI=1S/C25H34N2O3S/c1-5-7-13-25(6-2)17-27(19-11-9-8-10-12-19)21-14-20(26(3)4)22(30-16-24(28)29)15-23(21)31-18-25/h8-12,14-15H,5-7,13,16-18H2,1-4H3,(H,28,29). The molecular weight excluding hydrogens is 408 g/mol. The van der Waals surface area contributed by atoms with E-state index in [1.165, 1.54) is 24.9 Å². The first-order valence-corrected chi connectivity index (χ1v) is 12.0. The Balaban J connectivity index is 2.11. The van der Waals surface area contributed by atoms with Crippen LogP contribution in [-0.2, 0) is 4.79 Å². The van der Waals surface area contributed by atoms with Crippen LogP contribution >= 0.6 is 11.8 Å². The molecule has 0 bridgehead atoms. The number of fused-ring (bicyclic) bond motifs is 1. The van der Waals surface area contributed by atoms with Crippen LogP contribution in [0.5, 0.6) is 5.75 Å². The molecule has 168 valence electrons. The van der Waals surface area contributed by atoms with Crippen molar-refractivity contribution in [1.29, 1.82) is 0 Å². The van der Waals surface area contributed by atoms with Crippen LogP contribution in [0.1, 0.15) is 39.5 Å². The van der Waals surface area contributed by atoms with Crippen LogP contribution in [0.4, 0.5) is 17.1 Å². The number of carboxylic acid groups (broad SMARTS) is 1. The summed E-state index contributed by atoms with van der Waals surface area (Å²) in [6.45, 7) is 5.19. The molecule has 0 amide bonds. The maximum absolute atomic E-state index is 11.1. The fraction of sp³-hybridized carbons (Fsp3) is 0.480. The van der Waals surface area contributed by atoms with Crippen molar-refractivity contribution in [3.05, 3.63) is 42.5 Å². The second-order valence-corrected chi connectivity index (χ2v) is 9.55. The first-order valence-electron chi connectivity index (χ1n) is 11.0. The minimum absolute atomic E-state index is 0.218. The van der Waals surface area contributed by atoms with E-state index < -0.39 is 5.97 Å². The summed E-state index contributed by atoms with van der Waals surface area (Å²) in [6.07, 6.45) is 4.75. The Morgan fingerprint density at radius 2 is 1.97 bits per heavy atom. The summed E-state index contributed by atoms with van der Waals surface area (Å²) >= 11 is 1.87. The average Bonchev–Trinajstić information content (AvgIpc) is 2.93. The average molecular weight is 443 g/mol. The molecule has 0 spiro atoms. The molecule has 1 aliphatic rings. The predicted octanol–water partition coefficient (Wildman–Crippen LogP) is 6.05. The molecule has 0 fully saturated rings. The number of nitrogens with zero attached hydrogens (tertiary/aromatic N) is 2. The summed E-state index contributed by atoms with van der Waals surface area (Å²) in [4.78, 5) is 16.7. The Labute approximate surface area is 190 Å². The zero-order chi connectivity index (χ0) is 22.4. The monoisotopic (exact) mass is 442 g/mol. The van der Waals surface area contributed by atoms with E-state index in [-0.39, 0.29) is 12.0 Å². The van der Waals surface area contributed by atoms with Gasteiger partial charge in [0.2, 0.25) is 0 Å². The molecule has 3 rings (SSSR count). The third kappa shape index (κ3) is 5.48. The number of hydrogen-bond donors (Lipinski definition) is 1. The Bertz CT molecular complexity index is 888. The summed E-state index contributed by atoms with van der Waals surface area (Å²) < 4.78 is 5.68. The van der Waals surface area contributed by atoms with E-state index in [9.17, 15) is 4.79 Å². The molecular formula is C25H34N2O3S. The lowest BCUT2D eigenvalue weighted by atomic mass is 9.81. The lowest BCUT2D eigenvalue weighted by Crippen LogP contribution is -2.36. The van der Waals surface area contributed by atoms with Crippen molar-refractivity contribution in [2.24, 2.45) is 5.41 Å². The summed E-state index contributed by atoms with van der Waals surface area (Å²) in [5.74, 6) is 0.687. The van der Waals surface area contributed by atoms with Gasteiger partial charge >= 0.3 is 5.97 Å². The molecule has 6 heteroatoms. The van der Waals surface area contributed by atoms with E-state index in [0.717, 1.165) is 35.0 Å². The third-order valence-electron chi connectivity index (χ3n) is 6.07. The number of ether oxygens (including phenoxy) is 1. The lowest BCUT2D eigenvalue weighted by Gasteiger charge is -2.37. The molecule has 0 aromatic heterocycles. The van der Waals surface area contributed by atoms with Crippen molar-refractivity contribution < 1.29 is 14.6 Å². The number of aliphatic carboxylic acids is 1. The fourth-order valence-electron chi connectivity index (χ4n) is 4.10. The first-order chi connectivity index (χ1) is 14.9. The quantitative estimate of drug-likeness (QED) is 0.510. The molecule has 1 unspecified atom stereocenters. The molecule has 1 aliphatic heterocycles. The highest BCUT2D eigenvalue weighted by molar-refractivity contribution is 7.99. The number of hydrogen-bond acceptors (Lipinski definition) is 5. The molecule has 1 atom stereocenters. The molecule has 0 saturated heterocycles. The molecule has 2 aromatic rings. The van der Waals surface area contributed by atoms with Crippen molar-refractivity contribution in [2.75, 3.05) is 42.8 Å². The van der Waals surface area contributed by atoms with Gasteiger partial charge in [0, 0.05) is 37.0 Å². The molecule has 0 saturated carbocycles. The highest BCUT2D eigenvalue weighted by Crippen LogP contribution is 2.49. The number of benzene rings is 2. The molecule has 0 radical (unpaired) electrons. The van der Waals surface area contributed by atoms with Gasteiger partial charge in [-0.2, -0.15) is 0 Å². The minimum Gasteiger partial charge on any atom is -0.480 e. The molecule has 1 heterocycles. The fourth-order valence-corrected chi connectivity index (χ4v) is 5.51. The number of rotatable bonds is 9. The Hall–Kier alpha value is -2.34. The summed E-state index contributed by atoms with van der Waals surface area (Å²) in [7, 11) is 3.92. The van der Waals surface area contributed by atoms with E-state index in [1.54, 1.807) is 0 Å². The molecule has 5 nitrogen and oxygen atoms in total. The van der Waals surface area contributed by atoms with Gasteiger partial charge in [-0.25, -0.2) is 4.79 Å². The normalized spacial score (nSPS) is 18.3.